The van der Waals surface area contributed by atoms with Crippen LogP contribution in [0.25, 0.3) is 0 Å². The molecule has 1 aromatic heterocycles. The minimum Gasteiger partial charge on any atom is -0.390 e. The molecule has 2 atom stereocenters. The summed E-state index contributed by atoms with van der Waals surface area (Å²) in [7, 11) is 0. The van der Waals surface area contributed by atoms with Crippen LogP contribution in [-0.4, -0.2) is 16.2 Å². The molecule has 0 aromatic carbocycles. The molecule has 4 aliphatic carbocycles. The number of hydrogen-bond acceptors (Lipinski definition) is 3. The van der Waals surface area contributed by atoms with Crippen LogP contribution < -0.4 is 5.32 Å². The maximum Gasteiger partial charge on any atom is 0.0701 e. The standard InChI is InChI=1S/C15H20BrNOS/c16-13-2-12(8-19-13)7-17-14-3-10-1-11(4-14)6-15(18,5-10)9-14/h2,8,10-11,17-18H,1,3-7,9H2. The Morgan fingerprint density at radius 3 is 2.63 bits per heavy atom. The highest BCUT2D eigenvalue weighted by Crippen LogP contribution is 2.57. The summed E-state index contributed by atoms with van der Waals surface area (Å²) in [6, 6.07) is 2.20. The first-order valence-corrected chi connectivity index (χ1v) is 8.92. The van der Waals surface area contributed by atoms with Crippen molar-refractivity contribution in [1.29, 1.82) is 0 Å². The highest BCUT2D eigenvalue weighted by Gasteiger charge is 2.56. The molecule has 2 N–H and O–H groups in total. The van der Waals surface area contributed by atoms with Gasteiger partial charge >= 0.3 is 0 Å². The zero-order chi connectivity index (χ0) is 13.1. The summed E-state index contributed by atoms with van der Waals surface area (Å²) < 4.78 is 1.20. The van der Waals surface area contributed by atoms with Crippen molar-refractivity contribution in [2.45, 2.75) is 56.2 Å². The van der Waals surface area contributed by atoms with Crippen LogP contribution in [0.4, 0.5) is 0 Å². The maximum absolute atomic E-state index is 10.7. The van der Waals surface area contributed by atoms with Gasteiger partial charge in [0.2, 0.25) is 0 Å². The number of rotatable bonds is 3. The van der Waals surface area contributed by atoms with Gasteiger partial charge in [0, 0.05) is 12.1 Å². The summed E-state index contributed by atoms with van der Waals surface area (Å²) in [6.07, 6.45) is 6.98. The van der Waals surface area contributed by atoms with E-state index in [1.165, 1.54) is 28.6 Å². The molecule has 0 spiro atoms. The van der Waals surface area contributed by atoms with E-state index in [1.54, 1.807) is 11.3 Å². The molecular weight excluding hydrogens is 322 g/mol. The van der Waals surface area contributed by atoms with Gasteiger partial charge in [0.15, 0.2) is 0 Å². The Bertz CT molecular complexity index is 486. The fourth-order valence-corrected chi connectivity index (χ4v) is 6.36. The molecule has 0 amide bonds. The van der Waals surface area contributed by atoms with Gasteiger partial charge in [-0.3, -0.25) is 0 Å². The third-order valence-electron chi connectivity index (χ3n) is 5.32. The molecule has 4 aliphatic rings. The van der Waals surface area contributed by atoms with Crippen molar-refractivity contribution in [1.82, 2.24) is 5.32 Å². The van der Waals surface area contributed by atoms with Crippen molar-refractivity contribution >= 4 is 27.3 Å². The average molecular weight is 342 g/mol. The number of halogens is 1. The zero-order valence-corrected chi connectivity index (χ0v) is 13.4. The Hall–Kier alpha value is 0.100. The molecule has 0 radical (unpaired) electrons. The maximum atomic E-state index is 10.7. The van der Waals surface area contributed by atoms with E-state index in [0.717, 1.165) is 37.6 Å². The van der Waals surface area contributed by atoms with Gasteiger partial charge < -0.3 is 10.4 Å². The second-order valence-corrected chi connectivity index (χ2v) is 9.37. The molecule has 4 bridgehead atoms. The Morgan fingerprint density at radius 1 is 1.32 bits per heavy atom. The van der Waals surface area contributed by atoms with Crippen LogP contribution >= 0.6 is 27.3 Å². The van der Waals surface area contributed by atoms with Crippen LogP contribution in [0.1, 0.15) is 44.1 Å². The van der Waals surface area contributed by atoms with E-state index in [0.29, 0.717) is 0 Å². The molecule has 2 nitrogen and oxygen atoms in total. The molecule has 4 saturated carbocycles. The van der Waals surface area contributed by atoms with E-state index in [1.807, 2.05) is 0 Å². The van der Waals surface area contributed by atoms with E-state index < -0.39 is 0 Å². The topological polar surface area (TPSA) is 32.3 Å². The predicted octanol–water partition coefficient (Wildman–Crippen LogP) is 3.68. The molecular formula is C15H20BrNOS. The Kier molecular flexibility index (Phi) is 2.90. The van der Waals surface area contributed by atoms with E-state index in [9.17, 15) is 5.11 Å². The molecule has 4 fully saturated rings. The van der Waals surface area contributed by atoms with Crippen LogP contribution in [-0.2, 0) is 6.54 Å². The zero-order valence-electron chi connectivity index (χ0n) is 11.0. The van der Waals surface area contributed by atoms with Gasteiger partial charge in [0.25, 0.3) is 0 Å². The van der Waals surface area contributed by atoms with Crippen molar-refractivity contribution in [3.63, 3.8) is 0 Å². The lowest BCUT2D eigenvalue weighted by atomic mass is 9.51. The van der Waals surface area contributed by atoms with Gasteiger partial charge in [-0.2, -0.15) is 0 Å². The lowest BCUT2D eigenvalue weighted by Gasteiger charge is -2.60. The summed E-state index contributed by atoms with van der Waals surface area (Å²) >= 11 is 5.27. The monoisotopic (exact) mass is 341 g/mol. The second-order valence-electron chi connectivity index (χ2n) is 7.08. The van der Waals surface area contributed by atoms with E-state index in [-0.39, 0.29) is 11.1 Å². The number of nitrogens with one attached hydrogen (secondary N) is 1. The SMILES string of the molecule is OC12CC3CC(C1)CC(NCc1csc(Br)c1)(C3)C2. The summed E-state index contributed by atoms with van der Waals surface area (Å²) in [5.41, 5.74) is 1.22. The summed E-state index contributed by atoms with van der Waals surface area (Å²) in [4.78, 5) is 0. The van der Waals surface area contributed by atoms with Crippen molar-refractivity contribution in [3.05, 3.63) is 20.8 Å². The molecule has 0 aliphatic heterocycles. The Balaban J connectivity index is 1.51. The normalized spacial score (nSPS) is 43.9. The third-order valence-corrected chi connectivity index (χ3v) is 6.87. The molecule has 5 rings (SSSR count). The van der Waals surface area contributed by atoms with Gasteiger partial charge in [-0.15, -0.1) is 11.3 Å². The average Bonchev–Trinajstić information content (AvgIpc) is 2.69. The van der Waals surface area contributed by atoms with Crippen LogP contribution in [0.2, 0.25) is 0 Å². The smallest absolute Gasteiger partial charge is 0.0701 e. The van der Waals surface area contributed by atoms with Gasteiger partial charge in [-0.1, -0.05) is 0 Å². The molecule has 2 unspecified atom stereocenters. The lowest BCUT2D eigenvalue weighted by molar-refractivity contribution is -0.142. The van der Waals surface area contributed by atoms with Crippen molar-refractivity contribution in [2.75, 3.05) is 0 Å². The predicted molar refractivity (Wildman–Crippen MR) is 81.2 cm³/mol. The van der Waals surface area contributed by atoms with Crippen LogP contribution in [0, 0.1) is 11.8 Å². The first-order valence-electron chi connectivity index (χ1n) is 7.25. The number of aliphatic hydroxyl groups is 1. The van der Waals surface area contributed by atoms with E-state index in [4.69, 9.17) is 0 Å². The van der Waals surface area contributed by atoms with Gasteiger partial charge in [-0.25, -0.2) is 0 Å². The largest absolute Gasteiger partial charge is 0.390 e. The highest BCUT2D eigenvalue weighted by molar-refractivity contribution is 9.11. The van der Waals surface area contributed by atoms with Gasteiger partial charge in [0.05, 0.1) is 9.39 Å². The lowest BCUT2D eigenvalue weighted by Crippen LogP contribution is -2.64. The number of hydrogen-bond donors (Lipinski definition) is 2. The molecule has 104 valence electrons. The molecule has 19 heavy (non-hydrogen) atoms. The van der Waals surface area contributed by atoms with Gasteiger partial charge in [0.1, 0.15) is 0 Å². The van der Waals surface area contributed by atoms with Crippen molar-refractivity contribution in [3.8, 4) is 0 Å². The first kappa shape index (κ1) is 12.8. The first-order chi connectivity index (χ1) is 9.04. The summed E-state index contributed by atoms with van der Waals surface area (Å²) in [6.45, 7) is 0.942. The fraction of sp³-hybridized carbons (Fsp3) is 0.733. The highest BCUT2D eigenvalue weighted by atomic mass is 79.9. The second kappa shape index (κ2) is 4.30. The van der Waals surface area contributed by atoms with Crippen LogP contribution in [0.5, 0.6) is 0 Å². The van der Waals surface area contributed by atoms with Crippen LogP contribution in [0.3, 0.4) is 0 Å². The van der Waals surface area contributed by atoms with Crippen molar-refractivity contribution in [2.24, 2.45) is 11.8 Å². The Morgan fingerprint density at radius 2 is 2.05 bits per heavy atom. The van der Waals surface area contributed by atoms with Crippen LogP contribution in [0.15, 0.2) is 15.2 Å². The minimum atomic E-state index is -0.355. The minimum absolute atomic E-state index is 0.216. The molecule has 1 aromatic rings. The fourth-order valence-electron chi connectivity index (χ4n) is 5.15. The quantitative estimate of drug-likeness (QED) is 0.878. The molecule has 0 saturated heterocycles. The van der Waals surface area contributed by atoms with Gasteiger partial charge in [-0.05, 0) is 83.3 Å². The summed E-state index contributed by atoms with van der Waals surface area (Å²) in [5, 5.41) is 16.7. The molecule has 1 heterocycles. The Labute approximate surface area is 126 Å². The van der Waals surface area contributed by atoms with E-state index >= 15 is 0 Å². The van der Waals surface area contributed by atoms with Crippen molar-refractivity contribution < 1.29 is 5.11 Å². The number of thiophene rings is 1. The molecule has 4 heteroatoms. The third kappa shape index (κ3) is 2.31. The van der Waals surface area contributed by atoms with E-state index in [2.05, 4.69) is 32.7 Å². The summed E-state index contributed by atoms with van der Waals surface area (Å²) in [5.74, 6) is 1.51.